The van der Waals surface area contributed by atoms with Gasteiger partial charge in [-0.1, -0.05) is 0 Å². The summed E-state index contributed by atoms with van der Waals surface area (Å²) < 4.78 is 5.43. The maximum atomic E-state index is 9.55. The smallest absolute Gasteiger partial charge is 0.328 e. The molecule has 2 heterocycles. The van der Waals surface area contributed by atoms with Gasteiger partial charge < -0.3 is 26.4 Å². The molecule has 0 amide bonds. The lowest BCUT2D eigenvalue weighted by atomic mass is 10.2. The lowest BCUT2D eigenvalue weighted by Gasteiger charge is -2.04. The molecule has 11 nitrogen and oxygen atoms in total. The SMILES string of the molecule is CC(C)Oc1cc(-c2cnc(N)nc2N)[nH]n1.O=C(O)/C=C\C(=O)O. The molecule has 2 aromatic heterocycles. The Kier molecular flexibility index (Phi) is 6.88. The average molecular weight is 350 g/mol. The number of aliphatic carboxylic acids is 2. The predicted molar refractivity (Wildman–Crippen MR) is 88.6 cm³/mol. The molecule has 0 aliphatic carbocycles. The fourth-order valence-electron chi connectivity index (χ4n) is 1.50. The Morgan fingerprint density at radius 3 is 2.32 bits per heavy atom. The third-order valence-electron chi connectivity index (χ3n) is 2.41. The number of hydrogen-bond donors (Lipinski definition) is 5. The fourth-order valence-corrected chi connectivity index (χ4v) is 1.50. The number of carbonyl (C=O) groups is 2. The largest absolute Gasteiger partial charge is 0.478 e. The van der Waals surface area contributed by atoms with Gasteiger partial charge in [0.2, 0.25) is 11.8 Å². The number of nitrogens with zero attached hydrogens (tertiary/aromatic N) is 3. The van der Waals surface area contributed by atoms with Crippen LogP contribution >= 0.6 is 0 Å². The van der Waals surface area contributed by atoms with Gasteiger partial charge in [0.25, 0.3) is 0 Å². The lowest BCUT2D eigenvalue weighted by Crippen LogP contribution is -2.05. The minimum absolute atomic E-state index is 0.0613. The molecule has 0 unspecified atom stereocenters. The first-order chi connectivity index (χ1) is 11.7. The highest BCUT2D eigenvalue weighted by Gasteiger charge is 2.10. The van der Waals surface area contributed by atoms with E-state index in [4.69, 9.17) is 26.4 Å². The molecule has 0 fully saturated rings. The van der Waals surface area contributed by atoms with Crippen LogP contribution in [-0.2, 0) is 9.59 Å². The molecule has 0 spiro atoms. The number of carboxylic acids is 2. The highest BCUT2D eigenvalue weighted by molar-refractivity contribution is 5.89. The van der Waals surface area contributed by atoms with Crippen molar-refractivity contribution in [3.05, 3.63) is 24.4 Å². The second-order valence-electron chi connectivity index (χ2n) is 4.82. The van der Waals surface area contributed by atoms with Crippen LogP contribution in [0, 0.1) is 0 Å². The average Bonchev–Trinajstić information content (AvgIpc) is 2.93. The zero-order valence-corrected chi connectivity index (χ0v) is 13.5. The van der Waals surface area contributed by atoms with E-state index in [1.165, 1.54) is 0 Å². The van der Waals surface area contributed by atoms with Crippen LogP contribution in [0.1, 0.15) is 13.8 Å². The van der Waals surface area contributed by atoms with Crippen molar-refractivity contribution < 1.29 is 24.5 Å². The number of nitrogens with two attached hydrogens (primary N) is 2. The van der Waals surface area contributed by atoms with Gasteiger partial charge in [-0.05, 0) is 13.8 Å². The molecule has 0 aromatic carbocycles. The molecule has 2 rings (SSSR count). The first-order valence-corrected chi connectivity index (χ1v) is 6.93. The molecule has 0 aliphatic heterocycles. The molecular weight excluding hydrogens is 332 g/mol. The minimum Gasteiger partial charge on any atom is -0.478 e. The van der Waals surface area contributed by atoms with Crippen molar-refractivity contribution in [2.24, 2.45) is 0 Å². The summed E-state index contributed by atoms with van der Waals surface area (Å²) in [6.07, 6.45) is 2.72. The van der Waals surface area contributed by atoms with Crippen molar-refractivity contribution in [3.63, 3.8) is 0 Å². The number of hydrogen-bond acceptors (Lipinski definition) is 8. The van der Waals surface area contributed by atoms with Gasteiger partial charge in [-0.2, -0.15) is 4.98 Å². The normalized spacial score (nSPS) is 10.4. The van der Waals surface area contributed by atoms with Crippen LogP contribution in [0.3, 0.4) is 0 Å². The number of nitrogens with one attached hydrogen (secondary N) is 1. The molecular formula is C14H18N6O5. The maximum Gasteiger partial charge on any atom is 0.328 e. The van der Waals surface area contributed by atoms with E-state index < -0.39 is 11.9 Å². The highest BCUT2D eigenvalue weighted by Crippen LogP contribution is 2.25. The molecule has 25 heavy (non-hydrogen) atoms. The number of aromatic nitrogens is 4. The summed E-state index contributed by atoms with van der Waals surface area (Å²) in [5.74, 6) is -1.56. The first-order valence-electron chi connectivity index (χ1n) is 6.93. The Morgan fingerprint density at radius 2 is 1.84 bits per heavy atom. The van der Waals surface area contributed by atoms with E-state index >= 15 is 0 Å². The third kappa shape index (κ3) is 6.99. The number of aromatic amines is 1. The van der Waals surface area contributed by atoms with Crippen LogP contribution in [-0.4, -0.2) is 48.4 Å². The van der Waals surface area contributed by atoms with Crippen molar-refractivity contribution in [2.45, 2.75) is 20.0 Å². The Morgan fingerprint density at radius 1 is 1.24 bits per heavy atom. The quantitative estimate of drug-likeness (QED) is 0.475. The molecule has 0 radical (unpaired) electrons. The highest BCUT2D eigenvalue weighted by atomic mass is 16.5. The van der Waals surface area contributed by atoms with E-state index in [1.807, 2.05) is 13.8 Å². The summed E-state index contributed by atoms with van der Waals surface area (Å²) in [5.41, 5.74) is 12.5. The molecule has 0 saturated carbocycles. The van der Waals surface area contributed by atoms with Crippen LogP contribution in [0.15, 0.2) is 24.4 Å². The van der Waals surface area contributed by atoms with Crippen molar-refractivity contribution in [2.75, 3.05) is 11.5 Å². The second-order valence-corrected chi connectivity index (χ2v) is 4.82. The number of ether oxygens (including phenoxy) is 1. The molecule has 0 saturated heterocycles. The van der Waals surface area contributed by atoms with E-state index in [1.54, 1.807) is 12.3 Å². The van der Waals surface area contributed by atoms with Gasteiger partial charge in [-0.25, -0.2) is 14.6 Å². The zero-order valence-electron chi connectivity index (χ0n) is 13.5. The summed E-state index contributed by atoms with van der Waals surface area (Å²) in [6, 6.07) is 1.74. The summed E-state index contributed by atoms with van der Waals surface area (Å²) in [7, 11) is 0. The molecule has 0 bridgehead atoms. The topological polar surface area (TPSA) is 190 Å². The van der Waals surface area contributed by atoms with Gasteiger partial charge in [-0.15, -0.1) is 5.10 Å². The Balaban J connectivity index is 0.000000333. The standard InChI is InChI=1S/C10H14N6O.C4H4O4/c1-5(2)17-8-3-7(15-16-8)6-4-13-10(12)14-9(6)11;5-3(6)1-2-4(7)8/h3-5H,1-2H3,(H,15,16)(H4,11,12,13,14);1-2H,(H,5,6)(H,7,8)/b;2-1-. The van der Waals surface area contributed by atoms with Gasteiger partial charge in [0, 0.05) is 24.4 Å². The van der Waals surface area contributed by atoms with Gasteiger partial charge in [0.05, 0.1) is 17.4 Å². The van der Waals surface area contributed by atoms with Crippen molar-refractivity contribution in [1.29, 1.82) is 0 Å². The predicted octanol–water partition coefficient (Wildman–Crippen LogP) is 0.530. The Bertz CT molecular complexity index is 755. The van der Waals surface area contributed by atoms with Gasteiger partial charge in [0.15, 0.2) is 0 Å². The number of carboxylic acid groups (broad SMARTS) is 2. The minimum atomic E-state index is -1.26. The van der Waals surface area contributed by atoms with Crippen LogP contribution in [0.25, 0.3) is 11.3 Å². The third-order valence-corrected chi connectivity index (χ3v) is 2.41. The molecule has 7 N–H and O–H groups in total. The second kappa shape index (κ2) is 8.86. The summed E-state index contributed by atoms with van der Waals surface area (Å²) >= 11 is 0. The van der Waals surface area contributed by atoms with E-state index in [0.29, 0.717) is 35.1 Å². The number of rotatable bonds is 5. The lowest BCUT2D eigenvalue weighted by molar-refractivity contribution is -0.134. The number of anilines is 2. The molecule has 11 heteroatoms. The van der Waals surface area contributed by atoms with Crippen molar-refractivity contribution in [3.8, 4) is 17.1 Å². The van der Waals surface area contributed by atoms with Crippen LogP contribution in [0.5, 0.6) is 5.88 Å². The summed E-state index contributed by atoms with van der Waals surface area (Å²) in [4.78, 5) is 26.9. The summed E-state index contributed by atoms with van der Waals surface area (Å²) in [6.45, 7) is 3.85. The van der Waals surface area contributed by atoms with E-state index in [9.17, 15) is 9.59 Å². The molecule has 2 aromatic rings. The zero-order chi connectivity index (χ0) is 19.0. The van der Waals surface area contributed by atoms with Crippen LogP contribution in [0.2, 0.25) is 0 Å². The van der Waals surface area contributed by atoms with Gasteiger partial charge in [0.1, 0.15) is 5.82 Å². The number of H-pyrrole nitrogens is 1. The van der Waals surface area contributed by atoms with Gasteiger partial charge in [-0.3, -0.25) is 5.10 Å². The van der Waals surface area contributed by atoms with E-state index in [-0.39, 0.29) is 12.1 Å². The van der Waals surface area contributed by atoms with Crippen LogP contribution < -0.4 is 16.2 Å². The monoisotopic (exact) mass is 350 g/mol. The Labute approximate surface area is 142 Å². The summed E-state index contributed by atoms with van der Waals surface area (Å²) in [5, 5.41) is 22.4. The first kappa shape index (κ1) is 19.4. The van der Waals surface area contributed by atoms with Crippen LogP contribution in [0.4, 0.5) is 11.8 Å². The fraction of sp³-hybridized carbons (Fsp3) is 0.214. The number of nitrogen functional groups attached to an aromatic ring is 2. The van der Waals surface area contributed by atoms with E-state index in [2.05, 4.69) is 20.2 Å². The maximum absolute atomic E-state index is 9.55. The van der Waals surface area contributed by atoms with E-state index in [0.717, 1.165) is 0 Å². The molecule has 134 valence electrons. The molecule has 0 aliphatic rings. The van der Waals surface area contributed by atoms with Crippen molar-refractivity contribution in [1.82, 2.24) is 20.2 Å². The molecule has 0 atom stereocenters. The Hall–Kier alpha value is -3.63. The van der Waals surface area contributed by atoms with Gasteiger partial charge >= 0.3 is 11.9 Å². The van der Waals surface area contributed by atoms with Crippen molar-refractivity contribution >= 4 is 23.7 Å².